The van der Waals surface area contributed by atoms with Gasteiger partial charge in [0, 0.05) is 12.0 Å². The Labute approximate surface area is 170 Å². The van der Waals surface area contributed by atoms with E-state index in [0.29, 0.717) is 0 Å². The number of methoxy groups -OCH3 is 1. The Kier molecular flexibility index (Phi) is 9.08. The number of aliphatic hydroxyl groups is 2. The van der Waals surface area contributed by atoms with Crippen LogP contribution in [-0.2, 0) is 14.0 Å². The van der Waals surface area contributed by atoms with E-state index in [1.54, 1.807) is 13.0 Å². The van der Waals surface area contributed by atoms with Crippen molar-refractivity contribution in [3.63, 3.8) is 0 Å². The molecule has 2 N–H and O–H groups in total. The summed E-state index contributed by atoms with van der Waals surface area (Å²) >= 11 is 0. The smallest absolute Gasteiger partial charge is 0.330 e. The minimum Gasteiger partial charge on any atom is -0.466 e. The van der Waals surface area contributed by atoms with Crippen molar-refractivity contribution in [1.82, 2.24) is 0 Å². The van der Waals surface area contributed by atoms with Gasteiger partial charge in [0.05, 0.1) is 25.4 Å². The van der Waals surface area contributed by atoms with Crippen LogP contribution in [0.2, 0.25) is 18.1 Å². The van der Waals surface area contributed by atoms with Crippen LogP contribution in [0.4, 0.5) is 0 Å². The van der Waals surface area contributed by atoms with Crippen LogP contribution in [0.15, 0.2) is 42.5 Å². The van der Waals surface area contributed by atoms with Gasteiger partial charge in [0.25, 0.3) is 0 Å². The average molecular weight is 409 g/mol. The Morgan fingerprint density at radius 1 is 1.18 bits per heavy atom. The molecule has 28 heavy (non-hydrogen) atoms. The number of carbonyl (C=O) groups is 1. The van der Waals surface area contributed by atoms with Crippen LogP contribution in [0.5, 0.6) is 0 Å². The molecular formula is C22H36O5Si. The Morgan fingerprint density at radius 3 is 2.25 bits per heavy atom. The summed E-state index contributed by atoms with van der Waals surface area (Å²) in [6.07, 6.45) is 0.851. The number of hydrogen-bond donors (Lipinski definition) is 2. The van der Waals surface area contributed by atoms with Crippen LogP contribution < -0.4 is 0 Å². The molecule has 0 radical (unpaired) electrons. The molecule has 0 unspecified atom stereocenters. The minimum absolute atomic E-state index is 0.00907. The fourth-order valence-electron chi connectivity index (χ4n) is 2.56. The molecular weight excluding hydrogens is 372 g/mol. The highest BCUT2D eigenvalue weighted by molar-refractivity contribution is 6.74. The van der Waals surface area contributed by atoms with Gasteiger partial charge in [0.2, 0.25) is 0 Å². The second-order valence-corrected chi connectivity index (χ2v) is 13.5. The number of aliphatic hydroxyl groups excluding tert-OH is 2. The summed E-state index contributed by atoms with van der Waals surface area (Å²) in [4.78, 5) is 11.2. The first kappa shape index (κ1) is 24.6. The van der Waals surface area contributed by atoms with Crippen LogP contribution in [0.1, 0.15) is 45.8 Å². The normalized spacial score (nSPS) is 17.2. The number of rotatable bonds is 9. The molecule has 1 aromatic rings. The summed E-state index contributed by atoms with van der Waals surface area (Å²) in [5.74, 6) is -0.916. The zero-order valence-electron chi connectivity index (χ0n) is 18.2. The molecule has 0 amide bonds. The van der Waals surface area contributed by atoms with Gasteiger partial charge < -0.3 is 19.4 Å². The lowest BCUT2D eigenvalue weighted by Crippen LogP contribution is -2.46. The Hall–Kier alpha value is -1.47. The van der Waals surface area contributed by atoms with Gasteiger partial charge in [-0.25, -0.2) is 4.79 Å². The van der Waals surface area contributed by atoms with Gasteiger partial charge in [-0.15, -0.1) is 0 Å². The lowest BCUT2D eigenvalue weighted by atomic mass is 9.89. The number of benzene rings is 1. The molecule has 0 bridgehead atoms. The maximum absolute atomic E-state index is 11.2. The molecule has 0 aliphatic carbocycles. The molecule has 0 fully saturated rings. The second kappa shape index (κ2) is 10.3. The lowest BCUT2D eigenvalue weighted by Gasteiger charge is -2.42. The van der Waals surface area contributed by atoms with E-state index >= 15 is 0 Å². The van der Waals surface area contributed by atoms with Gasteiger partial charge in [0.1, 0.15) is 0 Å². The summed E-state index contributed by atoms with van der Waals surface area (Å²) < 4.78 is 11.1. The topological polar surface area (TPSA) is 76.0 Å². The van der Waals surface area contributed by atoms with E-state index in [2.05, 4.69) is 38.6 Å². The van der Waals surface area contributed by atoms with Crippen molar-refractivity contribution in [2.45, 2.75) is 70.6 Å². The fourth-order valence-corrected chi connectivity index (χ4v) is 3.83. The third kappa shape index (κ3) is 6.85. The van der Waals surface area contributed by atoms with Gasteiger partial charge in [-0.05, 0) is 30.1 Å². The first-order chi connectivity index (χ1) is 12.9. The Morgan fingerprint density at radius 2 is 1.75 bits per heavy atom. The summed E-state index contributed by atoms with van der Waals surface area (Å²) in [5.41, 5.74) is 0.893. The first-order valence-corrected chi connectivity index (χ1v) is 12.6. The van der Waals surface area contributed by atoms with E-state index in [1.165, 1.54) is 13.2 Å². The molecule has 4 atom stereocenters. The van der Waals surface area contributed by atoms with Crippen LogP contribution in [0.3, 0.4) is 0 Å². The number of ether oxygens (including phenoxy) is 1. The standard InChI is InChI=1S/C22H36O5Si/c1-16(18(23)14-11-15-19(24)26-5)20(25)21(17-12-9-8-10-13-17)27-28(6,7)22(2,3)4/h8-13,15-16,18,20-21,23,25H,14H2,1-7H3/b15-11+/t16-,18+,20+,21+/m0/s1. The predicted octanol–water partition coefficient (Wildman–Crippen LogP) is 4.23. The third-order valence-electron chi connectivity index (χ3n) is 5.64. The zero-order chi connectivity index (χ0) is 21.5. The molecule has 1 rings (SSSR count). The summed E-state index contributed by atoms with van der Waals surface area (Å²) in [6.45, 7) is 12.6. The van der Waals surface area contributed by atoms with Crippen LogP contribution in [-0.4, -0.2) is 43.8 Å². The molecule has 1 aromatic carbocycles. The summed E-state index contributed by atoms with van der Waals surface area (Å²) in [5, 5.41) is 21.6. The fraction of sp³-hybridized carbons (Fsp3) is 0.591. The van der Waals surface area contributed by atoms with Crippen molar-refractivity contribution in [1.29, 1.82) is 0 Å². The molecule has 0 aromatic heterocycles. The van der Waals surface area contributed by atoms with E-state index in [4.69, 9.17) is 4.43 Å². The van der Waals surface area contributed by atoms with E-state index in [9.17, 15) is 15.0 Å². The van der Waals surface area contributed by atoms with Crippen LogP contribution >= 0.6 is 0 Å². The van der Waals surface area contributed by atoms with Gasteiger partial charge in [0.15, 0.2) is 8.32 Å². The van der Waals surface area contributed by atoms with Crippen molar-refractivity contribution in [3.8, 4) is 0 Å². The molecule has 0 saturated carbocycles. The molecule has 6 heteroatoms. The zero-order valence-corrected chi connectivity index (χ0v) is 19.2. The van der Waals surface area contributed by atoms with Crippen LogP contribution in [0.25, 0.3) is 0 Å². The summed E-state index contributed by atoms with van der Waals surface area (Å²) in [6, 6.07) is 9.65. The third-order valence-corrected chi connectivity index (χ3v) is 10.1. The van der Waals surface area contributed by atoms with Gasteiger partial charge in [-0.1, -0.05) is 64.1 Å². The van der Waals surface area contributed by atoms with Gasteiger partial charge >= 0.3 is 5.97 Å². The van der Waals surface area contributed by atoms with Crippen LogP contribution in [0, 0.1) is 5.92 Å². The number of carbonyl (C=O) groups excluding carboxylic acids is 1. The maximum Gasteiger partial charge on any atom is 0.330 e. The highest BCUT2D eigenvalue weighted by Gasteiger charge is 2.42. The van der Waals surface area contributed by atoms with E-state index in [0.717, 1.165) is 5.56 Å². The first-order valence-electron chi connectivity index (χ1n) is 9.74. The Bertz CT molecular complexity index is 636. The highest BCUT2D eigenvalue weighted by Crippen LogP contribution is 2.41. The average Bonchev–Trinajstić information content (AvgIpc) is 2.64. The number of esters is 1. The molecule has 0 spiro atoms. The predicted molar refractivity (Wildman–Crippen MR) is 114 cm³/mol. The van der Waals surface area contributed by atoms with Gasteiger partial charge in [-0.2, -0.15) is 0 Å². The quantitative estimate of drug-likeness (QED) is 0.363. The van der Waals surface area contributed by atoms with E-state index < -0.39 is 38.5 Å². The highest BCUT2D eigenvalue weighted by atomic mass is 28.4. The van der Waals surface area contributed by atoms with Crippen molar-refractivity contribution in [2.24, 2.45) is 5.92 Å². The van der Waals surface area contributed by atoms with Crippen molar-refractivity contribution < 1.29 is 24.2 Å². The maximum atomic E-state index is 11.2. The molecule has 0 saturated heterocycles. The van der Waals surface area contributed by atoms with Crippen molar-refractivity contribution in [3.05, 3.63) is 48.0 Å². The number of hydrogen-bond acceptors (Lipinski definition) is 5. The second-order valence-electron chi connectivity index (χ2n) is 8.79. The minimum atomic E-state index is -2.16. The van der Waals surface area contributed by atoms with Crippen molar-refractivity contribution >= 4 is 14.3 Å². The molecule has 0 aliphatic rings. The Balaban J connectivity index is 3.03. The van der Waals surface area contributed by atoms with E-state index in [1.807, 2.05) is 30.3 Å². The monoisotopic (exact) mass is 408 g/mol. The molecule has 5 nitrogen and oxygen atoms in total. The summed E-state index contributed by atoms with van der Waals surface area (Å²) in [7, 11) is -0.853. The van der Waals surface area contributed by atoms with Gasteiger partial charge in [-0.3, -0.25) is 0 Å². The molecule has 0 heterocycles. The molecule has 0 aliphatic heterocycles. The van der Waals surface area contributed by atoms with Crippen molar-refractivity contribution in [2.75, 3.05) is 7.11 Å². The van der Waals surface area contributed by atoms with E-state index in [-0.39, 0.29) is 11.5 Å². The largest absolute Gasteiger partial charge is 0.466 e. The SMILES string of the molecule is COC(=O)/C=C/C[C@@H](O)[C@H](C)[C@@H](O)[C@H](O[Si](C)(C)C(C)(C)C)c1ccccc1. The lowest BCUT2D eigenvalue weighted by molar-refractivity contribution is -0.134. The molecule has 158 valence electrons.